The van der Waals surface area contributed by atoms with Crippen LogP contribution in [0.15, 0.2) is 4.99 Å². The number of ether oxygens (including phenoxy) is 2. The van der Waals surface area contributed by atoms with Crippen molar-refractivity contribution < 1.29 is 22.7 Å². The number of amides is 1. The van der Waals surface area contributed by atoms with Crippen LogP contribution in [0.4, 0.5) is 4.79 Å². The third-order valence-electron chi connectivity index (χ3n) is 3.98. The van der Waals surface area contributed by atoms with Gasteiger partial charge in [0.25, 0.3) is 0 Å². The minimum atomic E-state index is -2.88. The fourth-order valence-corrected chi connectivity index (χ4v) is 3.85. The number of rotatable bonds is 4. The van der Waals surface area contributed by atoms with Crippen LogP contribution in [0.3, 0.4) is 0 Å². The monoisotopic (exact) mass is 347 g/mol. The Morgan fingerprint density at radius 1 is 1.17 bits per heavy atom. The van der Waals surface area contributed by atoms with Crippen LogP contribution < -0.4 is 0 Å². The van der Waals surface area contributed by atoms with Gasteiger partial charge in [-0.05, 0) is 0 Å². The second-order valence-corrected chi connectivity index (χ2v) is 7.89. The molecule has 0 unspecified atom stereocenters. The van der Waals surface area contributed by atoms with Gasteiger partial charge >= 0.3 is 6.09 Å². The van der Waals surface area contributed by atoms with E-state index in [-0.39, 0.29) is 18.1 Å². The third kappa shape index (κ3) is 6.08. The number of amidine groups is 1. The molecule has 23 heavy (non-hydrogen) atoms. The minimum Gasteiger partial charge on any atom is -0.447 e. The largest absolute Gasteiger partial charge is 0.447 e. The molecule has 0 spiro atoms. The summed E-state index contributed by atoms with van der Waals surface area (Å²) in [4.78, 5) is 19.9. The molecule has 0 aromatic rings. The summed E-state index contributed by atoms with van der Waals surface area (Å²) in [7, 11) is -2.88. The van der Waals surface area contributed by atoms with Crippen molar-refractivity contribution in [2.75, 3.05) is 64.1 Å². The summed E-state index contributed by atoms with van der Waals surface area (Å²) in [6, 6.07) is 0. The molecule has 0 aliphatic carbocycles. The molecule has 2 aliphatic heterocycles. The first-order chi connectivity index (χ1) is 11.0. The molecule has 9 heteroatoms. The van der Waals surface area contributed by atoms with Crippen LogP contribution in [0.5, 0.6) is 0 Å². The maximum absolute atomic E-state index is 11.8. The summed E-state index contributed by atoms with van der Waals surface area (Å²) >= 11 is 0. The van der Waals surface area contributed by atoms with Crippen LogP contribution in [-0.4, -0.2) is 94.2 Å². The average molecular weight is 347 g/mol. The quantitative estimate of drug-likeness (QED) is 0.522. The SMILES string of the molecule is CCC(=NC(=O)OCCN1CCS(=O)(=O)CC1)N1CCOCC1. The Labute approximate surface area is 137 Å². The van der Waals surface area contributed by atoms with Crippen molar-refractivity contribution in [1.82, 2.24) is 9.80 Å². The van der Waals surface area contributed by atoms with Gasteiger partial charge in [-0.2, -0.15) is 4.99 Å². The Balaban J connectivity index is 1.72. The molecule has 8 nitrogen and oxygen atoms in total. The van der Waals surface area contributed by atoms with Crippen LogP contribution in [0.2, 0.25) is 0 Å². The van der Waals surface area contributed by atoms with Crippen molar-refractivity contribution in [3.8, 4) is 0 Å². The van der Waals surface area contributed by atoms with Crippen LogP contribution in [0.25, 0.3) is 0 Å². The Kier molecular flexibility index (Phi) is 6.79. The highest BCUT2D eigenvalue weighted by Crippen LogP contribution is 2.05. The second kappa shape index (κ2) is 8.60. The third-order valence-corrected chi connectivity index (χ3v) is 5.59. The predicted octanol–water partition coefficient (Wildman–Crippen LogP) is -0.00590. The van der Waals surface area contributed by atoms with Gasteiger partial charge in [0, 0.05) is 39.1 Å². The Bertz CT molecular complexity index is 515. The van der Waals surface area contributed by atoms with Crippen molar-refractivity contribution >= 4 is 21.8 Å². The molecular weight excluding hydrogens is 322 g/mol. The minimum absolute atomic E-state index is 0.177. The number of morpholine rings is 1. The number of sulfone groups is 1. The topological polar surface area (TPSA) is 88.5 Å². The van der Waals surface area contributed by atoms with E-state index in [1.807, 2.05) is 16.7 Å². The summed E-state index contributed by atoms with van der Waals surface area (Å²) in [5.41, 5.74) is 0. The zero-order valence-electron chi connectivity index (χ0n) is 13.6. The summed E-state index contributed by atoms with van der Waals surface area (Å²) in [5, 5.41) is 0. The van der Waals surface area contributed by atoms with E-state index in [9.17, 15) is 13.2 Å². The molecule has 2 heterocycles. The van der Waals surface area contributed by atoms with Crippen molar-refractivity contribution in [2.45, 2.75) is 13.3 Å². The molecule has 0 bridgehead atoms. The lowest BCUT2D eigenvalue weighted by Crippen LogP contribution is -2.42. The lowest BCUT2D eigenvalue weighted by Gasteiger charge is -2.29. The average Bonchev–Trinajstić information content (AvgIpc) is 2.55. The standard InChI is InChI=1S/C14H25N3O5S/c1-2-13(17-4-8-21-9-5-17)15-14(18)22-10-3-16-6-11-23(19,20)12-7-16/h2-12H2,1H3. The second-order valence-electron chi connectivity index (χ2n) is 5.59. The van der Waals surface area contributed by atoms with Gasteiger partial charge in [0.2, 0.25) is 0 Å². The molecule has 1 amide bonds. The molecule has 0 atom stereocenters. The number of carbonyl (C=O) groups is 1. The summed E-state index contributed by atoms with van der Waals surface area (Å²) < 4.78 is 33.1. The molecule has 0 aromatic carbocycles. The van der Waals surface area contributed by atoms with Crippen molar-refractivity contribution in [3.05, 3.63) is 0 Å². The molecule has 132 valence electrons. The first kappa shape index (κ1) is 18.2. The molecule has 2 saturated heterocycles. The predicted molar refractivity (Wildman–Crippen MR) is 86.6 cm³/mol. The van der Waals surface area contributed by atoms with Gasteiger partial charge in [0.05, 0.1) is 24.7 Å². The van der Waals surface area contributed by atoms with Crippen LogP contribution >= 0.6 is 0 Å². The van der Waals surface area contributed by atoms with E-state index in [1.54, 1.807) is 0 Å². The van der Waals surface area contributed by atoms with E-state index >= 15 is 0 Å². The number of hydrogen-bond donors (Lipinski definition) is 0. The lowest BCUT2D eigenvalue weighted by atomic mass is 10.3. The molecule has 2 rings (SSSR count). The van der Waals surface area contributed by atoms with Gasteiger partial charge in [-0.15, -0.1) is 0 Å². The van der Waals surface area contributed by atoms with E-state index in [1.165, 1.54) is 0 Å². The first-order valence-corrected chi connectivity index (χ1v) is 9.82. The maximum atomic E-state index is 11.8. The number of carbonyl (C=O) groups excluding carboxylic acids is 1. The Morgan fingerprint density at radius 3 is 2.43 bits per heavy atom. The molecule has 0 saturated carbocycles. The van der Waals surface area contributed by atoms with E-state index < -0.39 is 15.9 Å². The number of aliphatic imine (C=N–C) groups is 1. The highest BCUT2D eigenvalue weighted by molar-refractivity contribution is 7.91. The normalized spacial score (nSPS) is 22.8. The summed E-state index contributed by atoms with van der Waals surface area (Å²) in [5.74, 6) is 1.08. The van der Waals surface area contributed by atoms with E-state index in [0.717, 1.165) is 18.9 Å². The fraction of sp³-hybridized carbons (Fsp3) is 0.857. The fourth-order valence-electron chi connectivity index (χ4n) is 2.57. The highest BCUT2D eigenvalue weighted by Gasteiger charge is 2.21. The molecule has 0 aromatic heterocycles. The van der Waals surface area contributed by atoms with E-state index in [2.05, 4.69) is 4.99 Å². The van der Waals surface area contributed by atoms with Crippen LogP contribution in [-0.2, 0) is 19.3 Å². The Morgan fingerprint density at radius 2 is 1.83 bits per heavy atom. The molecule has 2 aliphatic rings. The van der Waals surface area contributed by atoms with Crippen molar-refractivity contribution in [2.24, 2.45) is 4.99 Å². The zero-order chi connectivity index (χ0) is 16.7. The number of hydrogen-bond acceptors (Lipinski definition) is 6. The first-order valence-electron chi connectivity index (χ1n) is 8.00. The smallest absolute Gasteiger partial charge is 0.435 e. The van der Waals surface area contributed by atoms with Crippen LogP contribution in [0, 0.1) is 0 Å². The van der Waals surface area contributed by atoms with Crippen molar-refractivity contribution in [3.63, 3.8) is 0 Å². The molecule has 2 fully saturated rings. The summed E-state index contributed by atoms with van der Waals surface area (Å²) in [6.07, 6.45) is 0.0805. The highest BCUT2D eigenvalue weighted by atomic mass is 32.2. The Hall–Kier alpha value is -1.19. The van der Waals surface area contributed by atoms with E-state index in [4.69, 9.17) is 9.47 Å². The van der Waals surface area contributed by atoms with Crippen LogP contribution in [0.1, 0.15) is 13.3 Å². The zero-order valence-corrected chi connectivity index (χ0v) is 14.4. The van der Waals surface area contributed by atoms with Gasteiger partial charge in [0.15, 0.2) is 9.84 Å². The lowest BCUT2D eigenvalue weighted by molar-refractivity contribution is 0.0669. The van der Waals surface area contributed by atoms with E-state index in [0.29, 0.717) is 39.3 Å². The van der Waals surface area contributed by atoms with Gasteiger partial charge in [-0.3, -0.25) is 4.90 Å². The van der Waals surface area contributed by atoms with Gasteiger partial charge in [-0.1, -0.05) is 6.92 Å². The van der Waals surface area contributed by atoms with Gasteiger partial charge in [-0.25, -0.2) is 13.2 Å². The maximum Gasteiger partial charge on any atom is 0.435 e. The summed E-state index contributed by atoms with van der Waals surface area (Å²) in [6.45, 7) is 6.48. The van der Waals surface area contributed by atoms with Gasteiger partial charge < -0.3 is 14.4 Å². The molecular formula is C14H25N3O5S. The molecule has 0 radical (unpaired) electrons. The molecule has 0 N–H and O–H groups in total. The van der Waals surface area contributed by atoms with Crippen molar-refractivity contribution in [1.29, 1.82) is 0 Å². The van der Waals surface area contributed by atoms with Gasteiger partial charge in [0.1, 0.15) is 12.4 Å². The number of nitrogens with zero attached hydrogens (tertiary/aromatic N) is 3.